The Morgan fingerprint density at radius 1 is 1.03 bits per heavy atom. The van der Waals surface area contributed by atoms with Gasteiger partial charge in [0.25, 0.3) is 5.56 Å². The fourth-order valence-electron chi connectivity index (χ4n) is 9.74. The molecule has 3 aromatic rings. The molecule has 7 rings (SSSR count). The van der Waals surface area contributed by atoms with E-state index >= 15 is 0 Å². The molecule has 7 atom stereocenters. The molecule has 3 fully saturated rings. The lowest BCUT2D eigenvalue weighted by Gasteiger charge is -2.61. The lowest BCUT2D eigenvalue weighted by molar-refractivity contribution is -0.139. The van der Waals surface area contributed by atoms with E-state index in [1.807, 2.05) is 24.3 Å². The average Bonchev–Trinajstić information content (AvgIpc) is 3.15. The van der Waals surface area contributed by atoms with E-state index in [1.54, 1.807) is 4.57 Å². The van der Waals surface area contributed by atoms with E-state index in [0.29, 0.717) is 47.7 Å². The highest BCUT2D eigenvalue weighted by Crippen LogP contribution is 2.67. The molecule has 2 heterocycles. The third-order valence-corrected chi connectivity index (χ3v) is 12.2. The molecule has 3 unspecified atom stereocenters. The van der Waals surface area contributed by atoms with Gasteiger partial charge in [0, 0.05) is 12.2 Å². The number of pyridine rings is 1. The number of nitrogens with zero attached hydrogens (tertiary/aromatic N) is 2. The topological polar surface area (TPSA) is 88.0 Å². The van der Waals surface area contributed by atoms with Crippen LogP contribution in [0.25, 0.3) is 11.0 Å². The Balaban J connectivity index is 1.24. The van der Waals surface area contributed by atoms with Gasteiger partial charge in [0.05, 0.1) is 11.0 Å². The summed E-state index contributed by atoms with van der Waals surface area (Å²) >= 11 is 0. The molecule has 0 amide bonds. The molecule has 4 aliphatic rings. The number of benzene rings is 1. The van der Waals surface area contributed by atoms with Crippen molar-refractivity contribution >= 4 is 11.0 Å². The number of aromatic amines is 1. The van der Waals surface area contributed by atoms with Gasteiger partial charge in [-0.2, -0.15) is 0 Å². The van der Waals surface area contributed by atoms with Crippen molar-refractivity contribution in [3.05, 3.63) is 74.1 Å². The molecule has 2 N–H and O–H groups in total. The second-order valence-electron chi connectivity index (χ2n) is 13.9. The van der Waals surface area contributed by atoms with Crippen LogP contribution in [-0.4, -0.2) is 25.2 Å². The maximum absolute atomic E-state index is 13.0. The summed E-state index contributed by atoms with van der Waals surface area (Å²) in [7, 11) is 0. The van der Waals surface area contributed by atoms with Gasteiger partial charge >= 0.3 is 5.69 Å². The Morgan fingerprint density at radius 2 is 1.79 bits per heavy atom. The molecule has 6 heteroatoms. The lowest BCUT2D eigenvalue weighted by atomic mass is 9.44. The predicted octanol–water partition coefficient (Wildman–Crippen LogP) is 5.04. The van der Waals surface area contributed by atoms with E-state index in [2.05, 4.69) is 37.9 Å². The third kappa shape index (κ3) is 3.66. The fourth-order valence-corrected chi connectivity index (χ4v) is 9.74. The van der Waals surface area contributed by atoms with Gasteiger partial charge < -0.3 is 5.11 Å². The zero-order chi connectivity index (χ0) is 27.2. The van der Waals surface area contributed by atoms with Crippen LogP contribution in [0.5, 0.6) is 0 Å². The maximum atomic E-state index is 13.0. The van der Waals surface area contributed by atoms with E-state index in [-0.39, 0.29) is 22.1 Å². The molecule has 39 heavy (non-hydrogen) atoms. The number of hydrogen-bond acceptors (Lipinski definition) is 4. The summed E-state index contributed by atoms with van der Waals surface area (Å²) in [6.07, 6.45) is 9.35. The van der Waals surface area contributed by atoms with Crippen LogP contribution in [0.15, 0.2) is 46.0 Å². The van der Waals surface area contributed by atoms with E-state index in [0.717, 1.165) is 43.4 Å². The van der Waals surface area contributed by atoms with Gasteiger partial charge in [0.1, 0.15) is 5.65 Å². The molecule has 0 saturated heterocycles. The molecule has 2 aromatic heterocycles. The first-order valence-electron chi connectivity index (χ1n) is 15.0. The van der Waals surface area contributed by atoms with Crippen molar-refractivity contribution in [2.75, 3.05) is 0 Å². The fraction of sp³-hybridized carbons (Fsp3) is 0.606. The van der Waals surface area contributed by atoms with Gasteiger partial charge in [0.2, 0.25) is 0 Å². The highest BCUT2D eigenvalue weighted by atomic mass is 16.3. The van der Waals surface area contributed by atoms with Crippen molar-refractivity contribution in [1.29, 1.82) is 0 Å². The summed E-state index contributed by atoms with van der Waals surface area (Å²) in [5.74, 6) is 2.47. The normalized spacial score (nSPS) is 37.1. The molecule has 4 aliphatic carbocycles. The van der Waals surface area contributed by atoms with Crippen LogP contribution in [-0.2, 0) is 25.8 Å². The number of aryl methyl sites for hydroxylation is 2. The lowest BCUT2D eigenvalue weighted by Crippen LogP contribution is -2.56. The summed E-state index contributed by atoms with van der Waals surface area (Å²) in [6, 6.07) is 12.2. The van der Waals surface area contributed by atoms with Crippen LogP contribution < -0.4 is 11.2 Å². The SMILES string of the molecule is C[C@]1(O)CCC2C3CC[C@H]4Cc5nc6c(cc5C[C@]4(C)C3CC[C@@]21C)c(=O)[nH]c(=O)n6CCc1ccccc1. The molecular weight excluding hydrogens is 486 g/mol. The monoisotopic (exact) mass is 527 g/mol. The molecule has 1 aromatic carbocycles. The van der Waals surface area contributed by atoms with Crippen LogP contribution in [0, 0.1) is 34.5 Å². The zero-order valence-corrected chi connectivity index (χ0v) is 23.5. The molecule has 206 valence electrons. The first-order valence-corrected chi connectivity index (χ1v) is 15.0. The summed E-state index contributed by atoms with van der Waals surface area (Å²) < 4.78 is 1.66. The number of rotatable bonds is 3. The smallest absolute Gasteiger partial charge is 0.330 e. The average molecular weight is 528 g/mol. The maximum Gasteiger partial charge on any atom is 0.330 e. The largest absolute Gasteiger partial charge is 0.390 e. The summed E-state index contributed by atoms with van der Waals surface area (Å²) in [6.45, 7) is 7.41. The molecule has 0 radical (unpaired) electrons. The molecule has 6 nitrogen and oxygen atoms in total. The Labute approximate surface area is 229 Å². The minimum Gasteiger partial charge on any atom is -0.390 e. The van der Waals surface area contributed by atoms with Gasteiger partial charge in [-0.3, -0.25) is 14.3 Å². The first-order chi connectivity index (χ1) is 18.6. The Bertz CT molecular complexity index is 1560. The van der Waals surface area contributed by atoms with Crippen molar-refractivity contribution in [3.8, 4) is 0 Å². The van der Waals surface area contributed by atoms with Gasteiger partial charge in [-0.25, -0.2) is 9.78 Å². The minimum atomic E-state index is -0.556. The van der Waals surface area contributed by atoms with Crippen LogP contribution in [0.2, 0.25) is 0 Å². The zero-order valence-electron chi connectivity index (χ0n) is 23.5. The Kier molecular flexibility index (Phi) is 5.59. The Morgan fingerprint density at radius 3 is 2.59 bits per heavy atom. The molecular formula is C33H41N3O3. The highest BCUT2D eigenvalue weighted by molar-refractivity contribution is 5.75. The number of H-pyrrole nitrogens is 1. The van der Waals surface area contributed by atoms with E-state index < -0.39 is 5.60 Å². The first kappa shape index (κ1) is 25.3. The van der Waals surface area contributed by atoms with Crippen molar-refractivity contribution in [2.45, 2.75) is 90.7 Å². The van der Waals surface area contributed by atoms with Crippen molar-refractivity contribution in [2.24, 2.45) is 34.5 Å². The van der Waals surface area contributed by atoms with E-state index in [9.17, 15) is 14.7 Å². The summed E-state index contributed by atoms with van der Waals surface area (Å²) in [5, 5.41) is 11.8. The quantitative estimate of drug-likeness (QED) is 0.500. The molecule has 3 saturated carbocycles. The summed E-state index contributed by atoms with van der Waals surface area (Å²) in [5.41, 5.74) is 2.87. The number of aromatic nitrogens is 3. The summed E-state index contributed by atoms with van der Waals surface area (Å²) in [4.78, 5) is 33.5. The van der Waals surface area contributed by atoms with Crippen molar-refractivity contribution in [3.63, 3.8) is 0 Å². The second-order valence-corrected chi connectivity index (χ2v) is 13.9. The third-order valence-electron chi connectivity index (χ3n) is 12.2. The van der Waals surface area contributed by atoms with Gasteiger partial charge in [-0.1, -0.05) is 44.2 Å². The van der Waals surface area contributed by atoms with Crippen LogP contribution in [0.3, 0.4) is 0 Å². The van der Waals surface area contributed by atoms with Crippen LogP contribution in [0.1, 0.15) is 76.1 Å². The van der Waals surface area contributed by atoms with E-state index in [4.69, 9.17) is 4.98 Å². The number of fused-ring (bicyclic) bond motifs is 7. The Hall–Kier alpha value is -2.73. The van der Waals surface area contributed by atoms with E-state index in [1.165, 1.54) is 24.8 Å². The predicted molar refractivity (Wildman–Crippen MR) is 153 cm³/mol. The number of hydrogen-bond donors (Lipinski definition) is 2. The van der Waals surface area contributed by atoms with Crippen LogP contribution in [0.4, 0.5) is 0 Å². The number of nitrogens with one attached hydrogen (secondary N) is 1. The highest BCUT2D eigenvalue weighted by Gasteiger charge is 2.63. The van der Waals surface area contributed by atoms with Crippen molar-refractivity contribution in [1.82, 2.24) is 14.5 Å². The molecule has 0 spiro atoms. The standard InChI is InChI=1S/C33H41N3O3/c1-31-19-21-17-24-28(36(30(38)35-29(24)37)16-13-20-7-5-4-6-8-20)34-27(21)18-22(31)9-10-23-25(31)11-14-32(2)26(23)12-15-33(32,3)39/h4-8,17,22-23,25-26,39H,9-16,18-19H2,1-3H3,(H,35,37,38)/t22-,23?,25?,26?,31-,32-,33-/m0/s1. The van der Waals surface area contributed by atoms with Gasteiger partial charge in [-0.05, 0) is 116 Å². The van der Waals surface area contributed by atoms with Crippen LogP contribution >= 0.6 is 0 Å². The number of aliphatic hydroxyl groups is 1. The second kappa shape index (κ2) is 8.63. The minimum absolute atomic E-state index is 0.0262. The van der Waals surface area contributed by atoms with Crippen molar-refractivity contribution < 1.29 is 5.11 Å². The van der Waals surface area contributed by atoms with Gasteiger partial charge in [0.15, 0.2) is 0 Å². The molecule has 0 bridgehead atoms. The van der Waals surface area contributed by atoms with Gasteiger partial charge in [-0.15, -0.1) is 0 Å². The molecule has 0 aliphatic heterocycles.